The van der Waals surface area contributed by atoms with E-state index in [4.69, 9.17) is 11.6 Å². The van der Waals surface area contributed by atoms with E-state index >= 15 is 0 Å². The number of methoxy groups -OCH3 is 1. The molecule has 1 aliphatic rings. The third-order valence-corrected chi connectivity index (χ3v) is 4.20. The fourth-order valence-corrected chi connectivity index (χ4v) is 2.73. The summed E-state index contributed by atoms with van der Waals surface area (Å²) in [6.45, 7) is 1.58. The average Bonchev–Trinajstić information content (AvgIpc) is 2.57. The molecule has 1 aromatic carbocycles. The van der Waals surface area contributed by atoms with E-state index in [1.165, 1.54) is 7.11 Å². The molecule has 1 unspecified atom stereocenters. The van der Waals surface area contributed by atoms with Crippen molar-refractivity contribution in [2.75, 3.05) is 26.7 Å². The number of quaternary nitrogens is 1. The molecule has 1 aliphatic heterocycles. The van der Waals surface area contributed by atoms with Gasteiger partial charge in [0.25, 0.3) is 11.8 Å². The van der Waals surface area contributed by atoms with Gasteiger partial charge in [-0.25, -0.2) is 0 Å². The maximum absolute atomic E-state index is 12.2. The van der Waals surface area contributed by atoms with Crippen LogP contribution in [0, 0.1) is 0 Å². The highest BCUT2D eigenvalue weighted by Gasteiger charge is 2.36. The first-order valence-electron chi connectivity index (χ1n) is 7.70. The second kappa shape index (κ2) is 8.65. The predicted octanol–water partition coefficient (Wildman–Crippen LogP) is -1.10. The molecule has 2 amide bonds. The van der Waals surface area contributed by atoms with Gasteiger partial charge < -0.3 is 20.3 Å². The van der Waals surface area contributed by atoms with Gasteiger partial charge >= 0.3 is 5.97 Å². The van der Waals surface area contributed by atoms with Gasteiger partial charge in [0.05, 0.1) is 20.2 Å². The van der Waals surface area contributed by atoms with Crippen molar-refractivity contribution in [1.82, 2.24) is 10.6 Å². The number of nitrogens with one attached hydrogen (secondary N) is 3. The summed E-state index contributed by atoms with van der Waals surface area (Å²) in [7, 11) is 1.28. The Balaban J connectivity index is 1.89. The molecule has 24 heavy (non-hydrogen) atoms. The maximum atomic E-state index is 12.2. The van der Waals surface area contributed by atoms with Crippen molar-refractivity contribution < 1.29 is 24.0 Å². The molecule has 3 N–H and O–H groups in total. The minimum Gasteiger partial charge on any atom is -0.469 e. The SMILES string of the molecule is COC(=O)C[C@@H]1C(=O)NCC[NH+]1CC(=O)NCc1ccc(Cl)cc1. The summed E-state index contributed by atoms with van der Waals surface area (Å²) in [5, 5.41) is 6.17. The third kappa shape index (κ3) is 5.21. The molecule has 0 bridgehead atoms. The Bertz CT molecular complexity index is 606. The highest BCUT2D eigenvalue weighted by atomic mass is 35.5. The lowest BCUT2D eigenvalue weighted by molar-refractivity contribution is -0.909. The lowest BCUT2D eigenvalue weighted by atomic mass is 10.1. The highest BCUT2D eigenvalue weighted by Crippen LogP contribution is 2.08. The first-order valence-corrected chi connectivity index (χ1v) is 8.07. The normalized spacial score (nSPS) is 20.2. The van der Waals surface area contributed by atoms with Gasteiger partial charge in [0.1, 0.15) is 6.42 Å². The molecule has 1 aromatic rings. The lowest BCUT2D eigenvalue weighted by Crippen LogP contribution is -3.20. The van der Waals surface area contributed by atoms with E-state index in [2.05, 4.69) is 15.4 Å². The van der Waals surface area contributed by atoms with Crippen LogP contribution in [0.4, 0.5) is 0 Å². The van der Waals surface area contributed by atoms with Crippen molar-refractivity contribution in [3.63, 3.8) is 0 Å². The number of piperazine rings is 1. The van der Waals surface area contributed by atoms with E-state index in [9.17, 15) is 14.4 Å². The number of halogens is 1. The van der Waals surface area contributed by atoms with Crippen molar-refractivity contribution in [2.24, 2.45) is 0 Å². The molecule has 0 radical (unpaired) electrons. The summed E-state index contributed by atoms with van der Waals surface area (Å²) in [6.07, 6.45) is -0.0396. The number of ether oxygens (including phenoxy) is 1. The molecule has 0 aromatic heterocycles. The number of hydrogen-bond acceptors (Lipinski definition) is 4. The quantitative estimate of drug-likeness (QED) is 0.566. The van der Waals surface area contributed by atoms with Crippen LogP contribution in [0.1, 0.15) is 12.0 Å². The molecule has 1 fully saturated rings. The van der Waals surface area contributed by atoms with Gasteiger partial charge in [-0.15, -0.1) is 0 Å². The Morgan fingerprint density at radius 1 is 1.38 bits per heavy atom. The largest absolute Gasteiger partial charge is 0.469 e. The summed E-state index contributed by atoms with van der Waals surface area (Å²) in [4.78, 5) is 36.3. The van der Waals surface area contributed by atoms with Gasteiger partial charge in [-0.2, -0.15) is 0 Å². The van der Waals surface area contributed by atoms with Gasteiger partial charge in [-0.1, -0.05) is 23.7 Å². The number of carbonyl (C=O) groups excluding carboxylic acids is 3. The van der Waals surface area contributed by atoms with Crippen LogP contribution in [0.5, 0.6) is 0 Å². The van der Waals surface area contributed by atoms with Crippen molar-refractivity contribution in [3.8, 4) is 0 Å². The van der Waals surface area contributed by atoms with E-state index in [1.807, 2.05) is 12.1 Å². The fourth-order valence-electron chi connectivity index (χ4n) is 2.60. The Morgan fingerprint density at radius 3 is 2.75 bits per heavy atom. The molecular weight excluding hydrogens is 334 g/mol. The Hall–Kier alpha value is -2.12. The van der Waals surface area contributed by atoms with Gasteiger partial charge in [-0.3, -0.25) is 14.4 Å². The van der Waals surface area contributed by atoms with E-state index in [0.717, 1.165) is 10.5 Å². The zero-order valence-corrected chi connectivity index (χ0v) is 14.2. The Morgan fingerprint density at radius 2 is 2.08 bits per heavy atom. The smallest absolute Gasteiger partial charge is 0.312 e. The summed E-state index contributed by atoms with van der Waals surface area (Å²) in [5.74, 6) is -0.868. The second-order valence-electron chi connectivity index (χ2n) is 5.61. The van der Waals surface area contributed by atoms with E-state index in [0.29, 0.717) is 24.7 Å². The second-order valence-corrected chi connectivity index (χ2v) is 6.05. The molecular formula is C16H21ClN3O4+. The van der Waals surface area contributed by atoms with Crippen LogP contribution < -0.4 is 15.5 Å². The van der Waals surface area contributed by atoms with Crippen LogP contribution in [-0.2, 0) is 25.7 Å². The van der Waals surface area contributed by atoms with E-state index < -0.39 is 12.0 Å². The van der Waals surface area contributed by atoms with Crippen molar-refractivity contribution >= 4 is 29.4 Å². The number of carbonyl (C=O) groups is 3. The van der Waals surface area contributed by atoms with Gasteiger partial charge in [0.2, 0.25) is 0 Å². The van der Waals surface area contributed by atoms with Crippen molar-refractivity contribution in [1.29, 1.82) is 0 Å². The average molecular weight is 355 g/mol. The third-order valence-electron chi connectivity index (χ3n) is 3.94. The topological polar surface area (TPSA) is 88.9 Å². The van der Waals surface area contributed by atoms with Crippen LogP contribution in [0.3, 0.4) is 0 Å². The lowest BCUT2D eigenvalue weighted by Gasteiger charge is -2.30. The highest BCUT2D eigenvalue weighted by molar-refractivity contribution is 6.30. The Kier molecular flexibility index (Phi) is 6.57. The van der Waals surface area contributed by atoms with Crippen LogP contribution in [0.2, 0.25) is 5.02 Å². The van der Waals surface area contributed by atoms with Gasteiger partial charge in [0.15, 0.2) is 12.6 Å². The van der Waals surface area contributed by atoms with E-state index in [-0.39, 0.29) is 24.8 Å². The summed E-state index contributed by atoms with van der Waals surface area (Å²) in [5.41, 5.74) is 0.935. The number of esters is 1. The van der Waals surface area contributed by atoms with Crippen LogP contribution in [0.15, 0.2) is 24.3 Å². The number of hydrogen-bond donors (Lipinski definition) is 3. The summed E-state index contributed by atoms with van der Waals surface area (Å²) >= 11 is 5.82. The number of rotatable bonds is 6. The van der Waals surface area contributed by atoms with Crippen molar-refractivity contribution in [2.45, 2.75) is 19.0 Å². The van der Waals surface area contributed by atoms with Crippen LogP contribution in [0.25, 0.3) is 0 Å². The summed E-state index contributed by atoms with van der Waals surface area (Å²) < 4.78 is 4.63. The molecule has 1 saturated heterocycles. The summed E-state index contributed by atoms with van der Waals surface area (Å²) in [6, 6.07) is 6.59. The van der Waals surface area contributed by atoms with E-state index in [1.54, 1.807) is 12.1 Å². The molecule has 8 heteroatoms. The monoisotopic (exact) mass is 354 g/mol. The Labute approximate surface area is 145 Å². The van der Waals surface area contributed by atoms with Crippen LogP contribution in [-0.4, -0.2) is 50.6 Å². The van der Waals surface area contributed by atoms with Gasteiger partial charge in [-0.05, 0) is 17.7 Å². The molecule has 2 rings (SSSR count). The minimum atomic E-state index is -0.604. The molecule has 2 atom stereocenters. The molecule has 1 heterocycles. The molecule has 0 saturated carbocycles. The van der Waals surface area contributed by atoms with Gasteiger partial charge in [0, 0.05) is 11.6 Å². The number of benzene rings is 1. The zero-order valence-electron chi connectivity index (χ0n) is 13.4. The molecule has 0 spiro atoms. The fraction of sp³-hybridized carbons (Fsp3) is 0.438. The maximum Gasteiger partial charge on any atom is 0.312 e. The molecule has 7 nitrogen and oxygen atoms in total. The minimum absolute atomic E-state index is 0.0396. The molecule has 130 valence electrons. The first kappa shape index (κ1) is 18.2. The molecule has 0 aliphatic carbocycles. The number of amides is 2. The zero-order chi connectivity index (χ0) is 17.5. The van der Waals surface area contributed by atoms with Crippen molar-refractivity contribution in [3.05, 3.63) is 34.9 Å². The predicted molar refractivity (Wildman–Crippen MR) is 87.4 cm³/mol. The van der Waals surface area contributed by atoms with Crippen LogP contribution >= 0.6 is 11.6 Å². The first-order chi connectivity index (χ1) is 11.5. The standard InChI is InChI=1S/C16H20ClN3O4/c1-24-15(22)8-13-16(23)18-6-7-20(13)10-14(21)19-9-11-2-4-12(17)5-3-11/h2-5,13H,6-10H2,1H3,(H,18,23)(H,19,21)/p+1/t13-/m1/s1.